The normalized spacial score (nSPS) is 12.2. The Morgan fingerprint density at radius 2 is 1.94 bits per heavy atom. The molecule has 0 bridgehead atoms. The van der Waals surface area contributed by atoms with Crippen molar-refractivity contribution in [2.24, 2.45) is 11.7 Å². The van der Waals surface area contributed by atoms with Crippen molar-refractivity contribution < 1.29 is 0 Å². The predicted octanol–water partition coefficient (Wildman–Crippen LogP) is 4.19. The molecule has 94 valence electrons. The minimum atomic E-state index is 0.563. The molecule has 2 N–H and O–H groups in total. The first-order chi connectivity index (χ1) is 8.19. The number of nitrogens with two attached hydrogens (primary N) is 1. The van der Waals surface area contributed by atoms with Crippen molar-refractivity contribution >= 4 is 17.3 Å². The number of benzene rings is 1. The van der Waals surface area contributed by atoms with Gasteiger partial charge < -0.3 is 5.73 Å². The molecule has 1 rings (SSSR count). The lowest BCUT2D eigenvalue weighted by Gasteiger charge is -2.12. The Labute approximate surface area is 109 Å². The molecule has 0 aliphatic heterocycles. The van der Waals surface area contributed by atoms with E-state index in [4.69, 9.17) is 5.73 Å². The van der Waals surface area contributed by atoms with Crippen LogP contribution in [0, 0.1) is 5.92 Å². The van der Waals surface area contributed by atoms with E-state index in [2.05, 4.69) is 50.4 Å². The SMILES string of the molecule is CSc1ccc(/C(=C/CCCN)C(C)C)cc1. The van der Waals surface area contributed by atoms with Gasteiger partial charge in [-0.25, -0.2) is 0 Å². The molecule has 1 nitrogen and oxygen atoms in total. The van der Waals surface area contributed by atoms with E-state index < -0.39 is 0 Å². The molecule has 0 amide bonds. The monoisotopic (exact) mass is 249 g/mol. The van der Waals surface area contributed by atoms with E-state index in [9.17, 15) is 0 Å². The van der Waals surface area contributed by atoms with Crippen LogP contribution in [-0.4, -0.2) is 12.8 Å². The van der Waals surface area contributed by atoms with Crippen LogP contribution in [0.4, 0.5) is 0 Å². The van der Waals surface area contributed by atoms with E-state index in [1.807, 2.05) is 0 Å². The summed E-state index contributed by atoms with van der Waals surface area (Å²) in [4.78, 5) is 1.32. The van der Waals surface area contributed by atoms with Gasteiger partial charge in [0.2, 0.25) is 0 Å². The fourth-order valence-electron chi connectivity index (χ4n) is 1.85. The molecule has 0 aromatic heterocycles. The Morgan fingerprint density at radius 3 is 2.41 bits per heavy atom. The van der Waals surface area contributed by atoms with Gasteiger partial charge >= 0.3 is 0 Å². The summed E-state index contributed by atoms with van der Waals surface area (Å²) in [5.74, 6) is 0.563. The van der Waals surface area contributed by atoms with E-state index in [1.54, 1.807) is 11.8 Å². The lowest BCUT2D eigenvalue weighted by atomic mass is 9.94. The van der Waals surface area contributed by atoms with Gasteiger partial charge in [0.1, 0.15) is 0 Å². The van der Waals surface area contributed by atoms with Gasteiger partial charge in [-0.15, -0.1) is 11.8 Å². The fourth-order valence-corrected chi connectivity index (χ4v) is 2.25. The van der Waals surface area contributed by atoms with Gasteiger partial charge in [0.25, 0.3) is 0 Å². The summed E-state index contributed by atoms with van der Waals surface area (Å²) in [6, 6.07) is 8.83. The van der Waals surface area contributed by atoms with Crippen LogP contribution in [0.25, 0.3) is 5.57 Å². The molecular formula is C15H23NS. The highest BCUT2D eigenvalue weighted by molar-refractivity contribution is 7.98. The maximum Gasteiger partial charge on any atom is 0.00695 e. The van der Waals surface area contributed by atoms with Gasteiger partial charge in [-0.2, -0.15) is 0 Å². The lowest BCUT2D eigenvalue weighted by Crippen LogP contribution is -1.98. The third-order valence-electron chi connectivity index (χ3n) is 2.82. The summed E-state index contributed by atoms with van der Waals surface area (Å²) in [5.41, 5.74) is 8.31. The van der Waals surface area contributed by atoms with Crippen LogP contribution >= 0.6 is 11.8 Å². The van der Waals surface area contributed by atoms with Crippen LogP contribution in [0.15, 0.2) is 35.2 Å². The van der Waals surface area contributed by atoms with E-state index >= 15 is 0 Å². The van der Waals surface area contributed by atoms with Crippen LogP contribution < -0.4 is 5.73 Å². The van der Waals surface area contributed by atoms with Crippen LogP contribution in [0.1, 0.15) is 32.3 Å². The molecule has 0 atom stereocenters. The minimum Gasteiger partial charge on any atom is -0.330 e. The Morgan fingerprint density at radius 1 is 1.29 bits per heavy atom. The Kier molecular flexibility index (Phi) is 6.38. The Bertz CT molecular complexity index is 352. The van der Waals surface area contributed by atoms with Crippen molar-refractivity contribution in [1.82, 2.24) is 0 Å². The van der Waals surface area contributed by atoms with Crippen molar-refractivity contribution in [2.75, 3.05) is 12.8 Å². The summed E-state index contributed by atoms with van der Waals surface area (Å²) >= 11 is 1.78. The first kappa shape index (κ1) is 14.3. The quantitative estimate of drug-likeness (QED) is 0.604. The third kappa shape index (κ3) is 4.57. The smallest absolute Gasteiger partial charge is 0.00695 e. The molecule has 1 aromatic rings. The molecular weight excluding hydrogens is 226 g/mol. The maximum absolute atomic E-state index is 5.54. The maximum atomic E-state index is 5.54. The topological polar surface area (TPSA) is 26.0 Å². The fraction of sp³-hybridized carbons (Fsp3) is 0.467. The zero-order valence-corrected chi connectivity index (χ0v) is 11.9. The zero-order chi connectivity index (χ0) is 12.7. The number of hydrogen-bond acceptors (Lipinski definition) is 2. The van der Waals surface area contributed by atoms with Crippen molar-refractivity contribution in [3.05, 3.63) is 35.9 Å². The second-order valence-electron chi connectivity index (χ2n) is 4.47. The van der Waals surface area contributed by atoms with Crippen molar-refractivity contribution in [2.45, 2.75) is 31.6 Å². The second kappa shape index (κ2) is 7.57. The summed E-state index contributed by atoms with van der Waals surface area (Å²) in [6.07, 6.45) is 6.59. The first-order valence-electron chi connectivity index (χ1n) is 6.23. The molecule has 0 unspecified atom stereocenters. The summed E-state index contributed by atoms with van der Waals surface area (Å²) in [5, 5.41) is 0. The molecule has 0 fully saturated rings. The summed E-state index contributed by atoms with van der Waals surface area (Å²) in [6.45, 7) is 5.26. The molecule has 0 heterocycles. The standard InChI is InChI=1S/C15H23NS/c1-12(2)15(6-4-5-11-16)13-7-9-14(17-3)10-8-13/h6-10,12H,4-5,11,16H2,1-3H3/b15-6+. The van der Waals surface area contributed by atoms with Crippen LogP contribution in [0.5, 0.6) is 0 Å². The average Bonchev–Trinajstić information content (AvgIpc) is 2.34. The van der Waals surface area contributed by atoms with Crippen molar-refractivity contribution in [3.63, 3.8) is 0 Å². The van der Waals surface area contributed by atoms with Gasteiger partial charge in [0.15, 0.2) is 0 Å². The molecule has 0 aliphatic rings. The summed E-state index contributed by atoms with van der Waals surface area (Å²) in [7, 11) is 0. The molecule has 2 heteroatoms. The summed E-state index contributed by atoms with van der Waals surface area (Å²) < 4.78 is 0. The highest BCUT2D eigenvalue weighted by Crippen LogP contribution is 2.26. The second-order valence-corrected chi connectivity index (χ2v) is 5.35. The number of thioether (sulfide) groups is 1. The van der Waals surface area contributed by atoms with Gasteiger partial charge in [0.05, 0.1) is 0 Å². The van der Waals surface area contributed by atoms with Crippen LogP contribution in [-0.2, 0) is 0 Å². The van der Waals surface area contributed by atoms with Gasteiger partial charge in [-0.1, -0.05) is 32.1 Å². The Balaban J connectivity index is 2.85. The number of allylic oxidation sites excluding steroid dienone is 2. The number of hydrogen-bond donors (Lipinski definition) is 1. The molecule has 0 aliphatic carbocycles. The molecule has 0 spiro atoms. The van der Waals surface area contributed by atoms with Gasteiger partial charge in [0, 0.05) is 4.90 Å². The zero-order valence-electron chi connectivity index (χ0n) is 11.1. The first-order valence-corrected chi connectivity index (χ1v) is 7.46. The highest BCUT2D eigenvalue weighted by Gasteiger charge is 2.05. The van der Waals surface area contributed by atoms with E-state index in [0.29, 0.717) is 5.92 Å². The average molecular weight is 249 g/mol. The van der Waals surface area contributed by atoms with Crippen LogP contribution in [0.2, 0.25) is 0 Å². The Hall–Kier alpha value is -0.730. The van der Waals surface area contributed by atoms with Crippen molar-refractivity contribution in [1.29, 1.82) is 0 Å². The molecule has 1 aromatic carbocycles. The predicted molar refractivity (Wildman–Crippen MR) is 79.3 cm³/mol. The molecule has 0 radical (unpaired) electrons. The van der Waals surface area contributed by atoms with Gasteiger partial charge in [-0.05, 0) is 54.8 Å². The molecule has 17 heavy (non-hydrogen) atoms. The van der Waals surface area contributed by atoms with Gasteiger partial charge in [-0.3, -0.25) is 0 Å². The molecule has 0 saturated heterocycles. The molecule has 0 saturated carbocycles. The van der Waals surface area contributed by atoms with Crippen molar-refractivity contribution in [3.8, 4) is 0 Å². The minimum absolute atomic E-state index is 0.563. The lowest BCUT2D eigenvalue weighted by molar-refractivity contribution is 0.824. The number of unbranched alkanes of at least 4 members (excludes halogenated alkanes) is 1. The highest BCUT2D eigenvalue weighted by atomic mass is 32.2. The van der Waals surface area contributed by atoms with E-state index in [0.717, 1.165) is 19.4 Å². The number of rotatable bonds is 6. The largest absolute Gasteiger partial charge is 0.330 e. The van der Waals surface area contributed by atoms with E-state index in [1.165, 1.54) is 16.0 Å². The van der Waals surface area contributed by atoms with Crippen LogP contribution in [0.3, 0.4) is 0 Å². The van der Waals surface area contributed by atoms with E-state index in [-0.39, 0.29) is 0 Å². The third-order valence-corrected chi connectivity index (χ3v) is 3.56.